The molecule has 0 heterocycles. The Kier molecular flexibility index (Phi) is 8.18. The van der Waals surface area contributed by atoms with Gasteiger partial charge in [-0.25, -0.2) is 0 Å². The molecule has 0 bridgehead atoms. The Hall–Kier alpha value is -0.0400. The molecule has 1 unspecified atom stereocenters. The summed E-state index contributed by atoms with van der Waals surface area (Å²) < 4.78 is 0. The van der Waals surface area contributed by atoms with Crippen molar-refractivity contribution in [3.05, 3.63) is 0 Å². The molecule has 18 heavy (non-hydrogen) atoms. The fourth-order valence-electron chi connectivity index (χ4n) is 3.15. The summed E-state index contributed by atoms with van der Waals surface area (Å²) in [5.74, 6) is 0.865. The first-order valence-corrected chi connectivity index (χ1v) is 8.10. The monoisotopic (exact) mass is 255 g/mol. The van der Waals surface area contributed by atoms with Crippen LogP contribution in [0.5, 0.6) is 0 Å². The van der Waals surface area contributed by atoms with Crippen LogP contribution in [0.3, 0.4) is 0 Å². The normalized spacial score (nSPS) is 16.0. The van der Waals surface area contributed by atoms with Crippen LogP contribution in [-0.4, -0.2) is 12.1 Å². The maximum atomic E-state index is 3.77. The van der Waals surface area contributed by atoms with Crippen molar-refractivity contribution >= 4 is 0 Å². The molecule has 0 amide bonds. The quantitative estimate of drug-likeness (QED) is 0.582. The van der Waals surface area contributed by atoms with Crippen molar-refractivity contribution in [2.75, 3.05) is 6.54 Å². The first-order chi connectivity index (χ1) is 8.35. The van der Waals surface area contributed by atoms with Crippen molar-refractivity contribution in [1.82, 2.24) is 5.32 Å². The molecule has 0 spiro atoms. The topological polar surface area (TPSA) is 12.0 Å². The molecule has 0 saturated heterocycles. The highest BCUT2D eigenvalue weighted by Crippen LogP contribution is 2.40. The molecular weight excluding hydrogens is 218 g/mol. The van der Waals surface area contributed by atoms with E-state index in [4.69, 9.17) is 0 Å². The van der Waals surface area contributed by atoms with Gasteiger partial charge in [0.15, 0.2) is 0 Å². The van der Waals surface area contributed by atoms with Crippen LogP contribution < -0.4 is 5.32 Å². The van der Waals surface area contributed by atoms with Crippen LogP contribution in [0.15, 0.2) is 0 Å². The standard InChI is InChI=1S/C17H37N/c1-8-12-13-17(11-4,15(9-2)10-3)14-18-16(5,6)7/h15,18H,8-14H2,1-7H3. The van der Waals surface area contributed by atoms with Gasteiger partial charge < -0.3 is 5.32 Å². The van der Waals surface area contributed by atoms with E-state index in [1.54, 1.807) is 0 Å². The number of hydrogen-bond acceptors (Lipinski definition) is 1. The van der Waals surface area contributed by atoms with Gasteiger partial charge >= 0.3 is 0 Å². The Morgan fingerprint density at radius 2 is 1.50 bits per heavy atom. The third-order valence-electron chi connectivity index (χ3n) is 4.55. The summed E-state index contributed by atoms with van der Waals surface area (Å²) in [7, 11) is 0. The van der Waals surface area contributed by atoms with Gasteiger partial charge in [0.1, 0.15) is 0 Å². The summed E-state index contributed by atoms with van der Waals surface area (Å²) in [4.78, 5) is 0. The van der Waals surface area contributed by atoms with E-state index in [0.717, 1.165) is 5.92 Å². The van der Waals surface area contributed by atoms with Gasteiger partial charge in [-0.2, -0.15) is 0 Å². The van der Waals surface area contributed by atoms with E-state index in [9.17, 15) is 0 Å². The Morgan fingerprint density at radius 1 is 0.944 bits per heavy atom. The van der Waals surface area contributed by atoms with E-state index in [0.29, 0.717) is 5.41 Å². The third kappa shape index (κ3) is 5.73. The minimum atomic E-state index is 0.235. The Labute approximate surface area is 116 Å². The minimum absolute atomic E-state index is 0.235. The lowest BCUT2D eigenvalue weighted by Gasteiger charge is -2.42. The number of nitrogens with one attached hydrogen (secondary N) is 1. The molecule has 0 aliphatic carbocycles. The minimum Gasteiger partial charge on any atom is -0.312 e. The van der Waals surface area contributed by atoms with Crippen LogP contribution >= 0.6 is 0 Å². The lowest BCUT2D eigenvalue weighted by molar-refractivity contribution is 0.108. The predicted octanol–water partition coefficient (Wildman–Crippen LogP) is 5.40. The molecule has 0 aliphatic heterocycles. The summed E-state index contributed by atoms with van der Waals surface area (Å²) in [6.45, 7) is 17.4. The Bertz CT molecular complexity index is 200. The molecule has 0 rings (SSSR count). The van der Waals surface area contributed by atoms with Crippen LogP contribution in [-0.2, 0) is 0 Å². The van der Waals surface area contributed by atoms with E-state index in [-0.39, 0.29) is 5.54 Å². The zero-order valence-corrected chi connectivity index (χ0v) is 14.0. The zero-order valence-electron chi connectivity index (χ0n) is 14.0. The highest BCUT2D eigenvalue weighted by Gasteiger charge is 2.35. The SMILES string of the molecule is CCCCC(CC)(CNC(C)(C)C)C(CC)CC. The molecule has 0 aromatic rings. The number of rotatable bonds is 9. The van der Waals surface area contributed by atoms with Gasteiger partial charge in [-0.3, -0.25) is 0 Å². The summed E-state index contributed by atoms with van der Waals surface area (Å²) in [6.07, 6.45) is 8.02. The molecule has 1 heteroatoms. The summed E-state index contributed by atoms with van der Waals surface area (Å²) in [5.41, 5.74) is 0.742. The summed E-state index contributed by atoms with van der Waals surface area (Å²) >= 11 is 0. The number of unbranched alkanes of at least 4 members (excludes halogenated alkanes) is 1. The Balaban J connectivity index is 4.84. The molecule has 0 fully saturated rings. The third-order valence-corrected chi connectivity index (χ3v) is 4.55. The first-order valence-electron chi connectivity index (χ1n) is 8.10. The predicted molar refractivity (Wildman–Crippen MR) is 84.1 cm³/mol. The number of hydrogen-bond donors (Lipinski definition) is 1. The Morgan fingerprint density at radius 3 is 1.83 bits per heavy atom. The van der Waals surface area contributed by atoms with Crippen molar-refractivity contribution in [2.45, 2.75) is 92.5 Å². The van der Waals surface area contributed by atoms with Gasteiger partial charge in [0, 0.05) is 12.1 Å². The highest BCUT2D eigenvalue weighted by atomic mass is 15.0. The van der Waals surface area contributed by atoms with Crippen LogP contribution in [0.1, 0.15) is 87.0 Å². The van der Waals surface area contributed by atoms with Gasteiger partial charge in [0.05, 0.1) is 0 Å². The molecule has 0 radical (unpaired) electrons. The lowest BCUT2D eigenvalue weighted by Crippen LogP contribution is -2.46. The molecule has 1 nitrogen and oxygen atoms in total. The molecule has 0 aromatic carbocycles. The molecule has 110 valence electrons. The fourth-order valence-corrected chi connectivity index (χ4v) is 3.15. The highest BCUT2D eigenvalue weighted by molar-refractivity contribution is 4.88. The van der Waals surface area contributed by atoms with Crippen molar-refractivity contribution in [2.24, 2.45) is 11.3 Å². The smallest absolute Gasteiger partial charge is 0.00967 e. The van der Waals surface area contributed by atoms with Crippen molar-refractivity contribution in [3.8, 4) is 0 Å². The average molecular weight is 255 g/mol. The fraction of sp³-hybridized carbons (Fsp3) is 1.00. The van der Waals surface area contributed by atoms with E-state index in [1.165, 1.54) is 45.1 Å². The van der Waals surface area contributed by atoms with Gasteiger partial charge in [-0.1, -0.05) is 53.4 Å². The van der Waals surface area contributed by atoms with E-state index in [2.05, 4.69) is 53.8 Å². The van der Waals surface area contributed by atoms with E-state index >= 15 is 0 Å². The average Bonchev–Trinajstić information content (AvgIpc) is 2.32. The summed E-state index contributed by atoms with van der Waals surface area (Å²) in [6, 6.07) is 0. The van der Waals surface area contributed by atoms with Gasteiger partial charge in [-0.15, -0.1) is 0 Å². The van der Waals surface area contributed by atoms with Crippen LogP contribution in [0.2, 0.25) is 0 Å². The largest absolute Gasteiger partial charge is 0.312 e. The molecule has 1 N–H and O–H groups in total. The van der Waals surface area contributed by atoms with Gasteiger partial charge in [0.2, 0.25) is 0 Å². The maximum Gasteiger partial charge on any atom is 0.00967 e. The second kappa shape index (κ2) is 8.19. The van der Waals surface area contributed by atoms with Gasteiger partial charge in [-0.05, 0) is 44.9 Å². The maximum absolute atomic E-state index is 3.77. The lowest BCUT2D eigenvalue weighted by atomic mass is 9.67. The van der Waals surface area contributed by atoms with Crippen molar-refractivity contribution in [1.29, 1.82) is 0 Å². The van der Waals surface area contributed by atoms with Crippen LogP contribution in [0.4, 0.5) is 0 Å². The molecule has 0 aliphatic rings. The van der Waals surface area contributed by atoms with Crippen molar-refractivity contribution < 1.29 is 0 Å². The molecular formula is C17H37N. The van der Waals surface area contributed by atoms with Crippen molar-refractivity contribution in [3.63, 3.8) is 0 Å². The van der Waals surface area contributed by atoms with E-state index < -0.39 is 0 Å². The zero-order chi connectivity index (χ0) is 14.2. The molecule has 0 saturated carbocycles. The second-order valence-electron chi connectivity index (χ2n) is 6.94. The first kappa shape index (κ1) is 18.0. The van der Waals surface area contributed by atoms with E-state index in [1.807, 2.05) is 0 Å². The van der Waals surface area contributed by atoms with Gasteiger partial charge in [0.25, 0.3) is 0 Å². The summed E-state index contributed by atoms with van der Waals surface area (Å²) in [5, 5.41) is 3.77. The molecule has 0 aromatic heterocycles. The molecule has 1 atom stereocenters. The van der Waals surface area contributed by atoms with Crippen LogP contribution in [0, 0.1) is 11.3 Å². The van der Waals surface area contributed by atoms with Crippen LogP contribution in [0.25, 0.3) is 0 Å². The second-order valence-corrected chi connectivity index (χ2v) is 6.94.